The summed E-state index contributed by atoms with van der Waals surface area (Å²) in [6.07, 6.45) is 6.36. The van der Waals surface area contributed by atoms with Crippen molar-refractivity contribution in [1.82, 2.24) is 0 Å². The second-order valence-corrected chi connectivity index (χ2v) is 4.29. The lowest BCUT2D eigenvalue weighted by atomic mass is 9.95. The zero-order chi connectivity index (χ0) is 11.6. The molecule has 0 bridgehead atoms. The Hall–Kier alpha value is -0.160. The highest BCUT2D eigenvalue weighted by atomic mass is 16.5. The lowest BCUT2D eigenvalue weighted by Crippen LogP contribution is -2.27. The van der Waals surface area contributed by atoms with Crippen molar-refractivity contribution in [2.45, 2.75) is 50.7 Å². The Morgan fingerprint density at radius 3 is 1.44 bits per heavy atom. The zero-order valence-electron chi connectivity index (χ0n) is 9.94. The molecule has 1 rings (SSSR count). The molecule has 0 amide bonds. The maximum atomic E-state index is 8.64. The van der Waals surface area contributed by atoms with Gasteiger partial charge in [-0.05, 0) is 38.5 Å². The Morgan fingerprint density at radius 1 is 0.750 bits per heavy atom. The van der Waals surface area contributed by atoms with E-state index in [2.05, 4.69) is 0 Å². The Balaban J connectivity index is 2.00. The van der Waals surface area contributed by atoms with Crippen LogP contribution in [0.4, 0.5) is 0 Å². The molecule has 0 spiro atoms. The molecular weight excluding hydrogens is 208 g/mol. The van der Waals surface area contributed by atoms with Gasteiger partial charge in [0.1, 0.15) is 0 Å². The van der Waals surface area contributed by atoms with Crippen LogP contribution >= 0.6 is 0 Å². The summed E-state index contributed by atoms with van der Waals surface area (Å²) in [7, 11) is 0. The molecular formula is C12H24O4. The van der Waals surface area contributed by atoms with Crippen LogP contribution in [-0.4, -0.2) is 48.8 Å². The first kappa shape index (κ1) is 13.9. The van der Waals surface area contributed by atoms with Gasteiger partial charge in [0.05, 0.1) is 12.2 Å². The van der Waals surface area contributed by atoms with Gasteiger partial charge in [0.2, 0.25) is 0 Å². The average molecular weight is 232 g/mol. The molecule has 1 saturated carbocycles. The molecule has 0 aromatic rings. The van der Waals surface area contributed by atoms with Gasteiger partial charge in [0, 0.05) is 26.4 Å². The van der Waals surface area contributed by atoms with Crippen molar-refractivity contribution in [2.75, 3.05) is 26.4 Å². The van der Waals surface area contributed by atoms with Crippen molar-refractivity contribution < 1.29 is 19.7 Å². The summed E-state index contributed by atoms with van der Waals surface area (Å²) < 4.78 is 11.3. The van der Waals surface area contributed by atoms with Gasteiger partial charge >= 0.3 is 0 Å². The summed E-state index contributed by atoms with van der Waals surface area (Å²) in [5, 5.41) is 17.3. The van der Waals surface area contributed by atoms with Crippen molar-refractivity contribution in [3.63, 3.8) is 0 Å². The third kappa shape index (κ3) is 5.80. The van der Waals surface area contributed by atoms with Crippen LogP contribution in [-0.2, 0) is 9.47 Å². The van der Waals surface area contributed by atoms with E-state index in [9.17, 15) is 0 Å². The second-order valence-electron chi connectivity index (χ2n) is 4.29. The Bertz CT molecular complexity index is 137. The molecule has 0 atom stereocenters. The van der Waals surface area contributed by atoms with E-state index < -0.39 is 0 Å². The molecule has 4 nitrogen and oxygen atoms in total. The van der Waals surface area contributed by atoms with Crippen LogP contribution in [0.25, 0.3) is 0 Å². The number of aliphatic hydroxyl groups is 2. The van der Waals surface area contributed by atoms with Crippen molar-refractivity contribution in [1.29, 1.82) is 0 Å². The third-order valence-corrected chi connectivity index (χ3v) is 2.93. The van der Waals surface area contributed by atoms with Gasteiger partial charge in [-0.1, -0.05) is 0 Å². The number of hydrogen-bond donors (Lipinski definition) is 2. The maximum Gasteiger partial charge on any atom is 0.0577 e. The fraction of sp³-hybridized carbons (Fsp3) is 1.00. The van der Waals surface area contributed by atoms with E-state index >= 15 is 0 Å². The summed E-state index contributed by atoms with van der Waals surface area (Å²) in [5.74, 6) is 0. The molecule has 1 fully saturated rings. The zero-order valence-corrected chi connectivity index (χ0v) is 9.94. The van der Waals surface area contributed by atoms with Gasteiger partial charge < -0.3 is 19.7 Å². The predicted octanol–water partition coefficient (Wildman–Crippen LogP) is 1.10. The average Bonchev–Trinajstić information content (AvgIpc) is 2.32. The Labute approximate surface area is 97.6 Å². The minimum atomic E-state index is 0.208. The van der Waals surface area contributed by atoms with Crippen molar-refractivity contribution in [2.24, 2.45) is 0 Å². The molecule has 0 radical (unpaired) electrons. The minimum absolute atomic E-state index is 0.208. The van der Waals surface area contributed by atoms with Crippen LogP contribution < -0.4 is 0 Å². The van der Waals surface area contributed by atoms with E-state index in [1.165, 1.54) is 0 Å². The molecule has 1 aliphatic carbocycles. The number of aliphatic hydroxyl groups excluding tert-OH is 2. The standard InChI is InChI=1S/C12H24O4/c13-7-1-9-15-11-3-5-12(6-4-11)16-10-2-8-14/h11-14H,1-10H2. The molecule has 0 unspecified atom stereocenters. The SMILES string of the molecule is OCCCOC1CCC(OCCCO)CC1. The number of hydrogen-bond acceptors (Lipinski definition) is 4. The highest BCUT2D eigenvalue weighted by Gasteiger charge is 2.21. The molecule has 96 valence electrons. The lowest BCUT2D eigenvalue weighted by Gasteiger charge is -2.28. The van der Waals surface area contributed by atoms with Gasteiger partial charge in [-0.2, -0.15) is 0 Å². The molecule has 4 heteroatoms. The van der Waals surface area contributed by atoms with Crippen LogP contribution in [0.15, 0.2) is 0 Å². The summed E-state index contributed by atoms with van der Waals surface area (Å²) in [5.41, 5.74) is 0. The predicted molar refractivity (Wildman–Crippen MR) is 61.4 cm³/mol. The molecule has 0 aromatic carbocycles. The Morgan fingerprint density at radius 2 is 1.12 bits per heavy atom. The molecule has 2 N–H and O–H groups in total. The van der Waals surface area contributed by atoms with E-state index in [-0.39, 0.29) is 13.2 Å². The van der Waals surface area contributed by atoms with E-state index in [0.717, 1.165) is 38.5 Å². The number of rotatable bonds is 8. The minimum Gasteiger partial charge on any atom is -0.396 e. The summed E-state index contributed by atoms with van der Waals surface area (Å²) in [4.78, 5) is 0. The van der Waals surface area contributed by atoms with Gasteiger partial charge in [-0.3, -0.25) is 0 Å². The number of ether oxygens (including phenoxy) is 2. The molecule has 0 aliphatic heterocycles. The normalized spacial score (nSPS) is 25.9. The van der Waals surface area contributed by atoms with E-state index in [1.54, 1.807) is 0 Å². The maximum absolute atomic E-state index is 8.64. The highest BCUT2D eigenvalue weighted by molar-refractivity contribution is 4.73. The van der Waals surface area contributed by atoms with Crippen molar-refractivity contribution in [3.8, 4) is 0 Å². The van der Waals surface area contributed by atoms with Crippen LogP contribution in [0.3, 0.4) is 0 Å². The second kappa shape index (κ2) is 8.93. The molecule has 0 saturated heterocycles. The monoisotopic (exact) mass is 232 g/mol. The largest absolute Gasteiger partial charge is 0.396 e. The van der Waals surface area contributed by atoms with Crippen LogP contribution in [0.5, 0.6) is 0 Å². The molecule has 1 aliphatic rings. The van der Waals surface area contributed by atoms with Gasteiger partial charge in [0.25, 0.3) is 0 Å². The molecule has 0 aromatic heterocycles. The van der Waals surface area contributed by atoms with Crippen LogP contribution in [0, 0.1) is 0 Å². The van der Waals surface area contributed by atoms with Crippen molar-refractivity contribution in [3.05, 3.63) is 0 Å². The first-order chi connectivity index (χ1) is 7.86. The van der Waals surface area contributed by atoms with E-state index in [1.807, 2.05) is 0 Å². The van der Waals surface area contributed by atoms with Crippen LogP contribution in [0.1, 0.15) is 38.5 Å². The smallest absolute Gasteiger partial charge is 0.0577 e. The summed E-state index contributed by atoms with van der Waals surface area (Å²) >= 11 is 0. The molecule has 16 heavy (non-hydrogen) atoms. The lowest BCUT2D eigenvalue weighted by molar-refractivity contribution is -0.0356. The van der Waals surface area contributed by atoms with E-state index in [0.29, 0.717) is 25.4 Å². The fourth-order valence-corrected chi connectivity index (χ4v) is 1.99. The van der Waals surface area contributed by atoms with Gasteiger partial charge in [-0.25, -0.2) is 0 Å². The quantitative estimate of drug-likeness (QED) is 0.615. The summed E-state index contributed by atoms with van der Waals surface area (Å²) in [6, 6.07) is 0. The summed E-state index contributed by atoms with van der Waals surface area (Å²) in [6.45, 7) is 1.74. The fourth-order valence-electron chi connectivity index (χ4n) is 1.99. The first-order valence-corrected chi connectivity index (χ1v) is 6.31. The Kier molecular flexibility index (Phi) is 7.76. The topological polar surface area (TPSA) is 58.9 Å². The van der Waals surface area contributed by atoms with Gasteiger partial charge in [0.15, 0.2) is 0 Å². The van der Waals surface area contributed by atoms with E-state index in [4.69, 9.17) is 19.7 Å². The highest BCUT2D eigenvalue weighted by Crippen LogP contribution is 2.23. The first-order valence-electron chi connectivity index (χ1n) is 6.31. The molecule has 0 heterocycles. The third-order valence-electron chi connectivity index (χ3n) is 2.93. The van der Waals surface area contributed by atoms with Gasteiger partial charge in [-0.15, -0.1) is 0 Å². The van der Waals surface area contributed by atoms with Crippen molar-refractivity contribution >= 4 is 0 Å². The van der Waals surface area contributed by atoms with Crippen LogP contribution in [0.2, 0.25) is 0 Å².